The predicted octanol–water partition coefficient (Wildman–Crippen LogP) is 3.03. The van der Waals surface area contributed by atoms with Gasteiger partial charge in [0.2, 0.25) is 0 Å². The van der Waals surface area contributed by atoms with Gasteiger partial charge in [0.05, 0.1) is 0 Å². The van der Waals surface area contributed by atoms with Crippen molar-refractivity contribution in [2.45, 2.75) is 34.1 Å². The van der Waals surface area contributed by atoms with Crippen LogP contribution in [0.25, 0.3) is 0 Å². The lowest BCUT2D eigenvalue weighted by molar-refractivity contribution is 1.09. The highest BCUT2D eigenvalue weighted by molar-refractivity contribution is 5.26. The Labute approximate surface area is 58.5 Å². The largest absolute Gasteiger partial charge is 0.273 e. The fraction of sp³-hybridized carbons (Fsp3) is 0.625. The van der Waals surface area contributed by atoms with Crippen LogP contribution in [0.2, 0.25) is 0 Å². The minimum absolute atomic E-state index is 1.07. The molecule has 1 nitrogen and oxygen atoms in total. The smallest absolute Gasteiger partial charge is 0.0249 e. The van der Waals surface area contributed by atoms with Crippen LogP contribution < -0.4 is 0 Å². The maximum atomic E-state index is 3.59. The standard InChI is InChI=1S/C6H11N.C2H6/c1-4-6(2)5-7-3;1-2/h5H,3-4H2,1-2H3;1-2H3/b6-5-;. The van der Waals surface area contributed by atoms with Gasteiger partial charge in [-0.05, 0) is 20.1 Å². The van der Waals surface area contributed by atoms with Crippen LogP contribution in [-0.2, 0) is 0 Å². The van der Waals surface area contributed by atoms with Gasteiger partial charge in [0.15, 0.2) is 0 Å². The highest BCUT2D eigenvalue weighted by atomic mass is 14.6. The maximum absolute atomic E-state index is 3.59. The summed E-state index contributed by atoms with van der Waals surface area (Å²) in [4.78, 5) is 3.59. The molecule has 0 aliphatic rings. The number of nitrogens with zero attached hydrogens (tertiary/aromatic N) is 1. The van der Waals surface area contributed by atoms with E-state index in [1.807, 2.05) is 20.8 Å². The predicted molar refractivity (Wildman–Crippen MR) is 44.9 cm³/mol. The van der Waals surface area contributed by atoms with Crippen LogP contribution in [0.1, 0.15) is 34.1 Å². The number of hydrogen-bond acceptors (Lipinski definition) is 1. The van der Waals surface area contributed by atoms with Crippen molar-refractivity contribution in [1.82, 2.24) is 0 Å². The average Bonchev–Trinajstić information content (AvgIpc) is 1.93. The van der Waals surface area contributed by atoms with Crippen molar-refractivity contribution in [3.63, 3.8) is 0 Å². The summed E-state index contributed by atoms with van der Waals surface area (Å²) >= 11 is 0. The van der Waals surface area contributed by atoms with E-state index in [1.165, 1.54) is 5.57 Å². The summed E-state index contributed by atoms with van der Waals surface area (Å²) in [5.41, 5.74) is 1.27. The summed E-state index contributed by atoms with van der Waals surface area (Å²) in [5, 5.41) is 0. The molecule has 0 aliphatic heterocycles. The van der Waals surface area contributed by atoms with E-state index < -0.39 is 0 Å². The molecule has 1 heteroatoms. The third-order valence-electron chi connectivity index (χ3n) is 0.869. The molecular formula is C8H17N. The van der Waals surface area contributed by atoms with Crippen LogP contribution in [0.3, 0.4) is 0 Å². The van der Waals surface area contributed by atoms with Crippen LogP contribution >= 0.6 is 0 Å². The molecule has 9 heavy (non-hydrogen) atoms. The summed E-state index contributed by atoms with van der Waals surface area (Å²) < 4.78 is 0. The average molecular weight is 127 g/mol. The van der Waals surface area contributed by atoms with Crippen molar-refractivity contribution >= 4 is 6.72 Å². The molecule has 0 aromatic carbocycles. The Balaban J connectivity index is 0. The molecular weight excluding hydrogens is 110 g/mol. The molecule has 0 spiro atoms. The fourth-order valence-electron chi connectivity index (χ4n) is 0.247. The van der Waals surface area contributed by atoms with Crippen LogP contribution in [0, 0.1) is 0 Å². The molecule has 0 radical (unpaired) electrons. The third-order valence-corrected chi connectivity index (χ3v) is 0.869. The Hall–Kier alpha value is -0.590. The van der Waals surface area contributed by atoms with Gasteiger partial charge < -0.3 is 0 Å². The van der Waals surface area contributed by atoms with E-state index in [9.17, 15) is 0 Å². The quantitative estimate of drug-likeness (QED) is 0.505. The second-order valence-corrected chi connectivity index (χ2v) is 1.51. The van der Waals surface area contributed by atoms with E-state index in [1.54, 1.807) is 6.20 Å². The Morgan fingerprint density at radius 2 is 2.00 bits per heavy atom. The first-order valence-electron chi connectivity index (χ1n) is 3.42. The Bertz CT molecular complexity index is 82.6. The van der Waals surface area contributed by atoms with Gasteiger partial charge in [-0.1, -0.05) is 26.3 Å². The monoisotopic (exact) mass is 127 g/mol. The minimum atomic E-state index is 1.07. The van der Waals surface area contributed by atoms with E-state index in [2.05, 4.69) is 18.6 Å². The summed E-state index contributed by atoms with van der Waals surface area (Å²) in [6.45, 7) is 11.5. The number of allylic oxidation sites excluding steroid dienone is 1. The second-order valence-electron chi connectivity index (χ2n) is 1.51. The summed E-state index contributed by atoms with van der Waals surface area (Å²) in [7, 11) is 0. The molecule has 0 unspecified atom stereocenters. The summed E-state index contributed by atoms with van der Waals surface area (Å²) in [6.07, 6.45) is 2.85. The van der Waals surface area contributed by atoms with Crippen LogP contribution in [0.15, 0.2) is 16.8 Å². The van der Waals surface area contributed by atoms with Crippen molar-refractivity contribution in [3.05, 3.63) is 11.8 Å². The van der Waals surface area contributed by atoms with Gasteiger partial charge in [0.1, 0.15) is 0 Å². The molecule has 0 amide bonds. The zero-order chi connectivity index (χ0) is 7.70. The molecule has 0 aromatic heterocycles. The summed E-state index contributed by atoms with van der Waals surface area (Å²) in [6, 6.07) is 0. The molecule has 0 heterocycles. The van der Waals surface area contributed by atoms with E-state index >= 15 is 0 Å². The molecule has 0 aliphatic carbocycles. The van der Waals surface area contributed by atoms with Crippen molar-refractivity contribution in [2.24, 2.45) is 4.99 Å². The zero-order valence-electron chi connectivity index (χ0n) is 6.94. The van der Waals surface area contributed by atoms with Crippen molar-refractivity contribution in [2.75, 3.05) is 0 Å². The highest BCUT2D eigenvalue weighted by Crippen LogP contribution is 1.95. The third kappa shape index (κ3) is 11.2. The van der Waals surface area contributed by atoms with Crippen LogP contribution in [0.5, 0.6) is 0 Å². The molecule has 0 fully saturated rings. The number of hydrogen-bond donors (Lipinski definition) is 0. The van der Waals surface area contributed by atoms with Gasteiger partial charge in [-0.3, -0.25) is 4.99 Å². The topological polar surface area (TPSA) is 12.4 Å². The highest BCUT2D eigenvalue weighted by Gasteiger charge is 1.75. The molecule has 0 N–H and O–H groups in total. The van der Waals surface area contributed by atoms with Gasteiger partial charge in [-0.2, -0.15) is 0 Å². The Morgan fingerprint density at radius 3 is 2.11 bits per heavy atom. The summed E-state index contributed by atoms with van der Waals surface area (Å²) in [5.74, 6) is 0. The van der Waals surface area contributed by atoms with Gasteiger partial charge in [0, 0.05) is 6.20 Å². The molecule has 54 valence electrons. The van der Waals surface area contributed by atoms with Gasteiger partial charge >= 0.3 is 0 Å². The second kappa shape index (κ2) is 10.4. The van der Waals surface area contributed by atoms with E-state index in [4.69, 9.17) is 0 Å². The lowest BCUT2D eigenvalue weighted by Crippen LogP contribution is -1.65. The molecule has 0 atom stereocenters. The van der Waals surface area contributed by atoms with Crippen molar-refractivity contribution < 1.29 is 0 Å². The van der Waals surface area contributed by atoms with Crippen molar-refractivity contribution in [1.29, 1.82) is 0 Å². The lowest BCUT2D eigenvalue weighted by atomic mass is 10.3. The maximum Gasteiger partial charge on any atom is 0.0249 e. The molecule has 0 saturated heterocycles. The SMILES string of the molecule is C=N/C=C(/C)CC.CC. The first kappa shape index (κ1) is 11.2. The van der Waals surface area contributed by atoms with Crippen LogP contribution in [-0.4, -0.2) is 6.72 Å². The first-order valence-corrected chi connectivity index (χ1v) is 3.42. The van der Waals surface area contributed by atoms with Gasteiger partial charge in [0.25, 0.3) is 0 Å². The molecule has 0 rings (SSSR count). The zero-order valence-corrected chi connectivity index (χ0v) is 6.94. The normalized spacial score (nSPS) is 9.56. The molecule has 0 bridgehead atoms. The fourth-order valence-corrected chi connectivity index (χ4v) is 0.247. The number of rotatable bonds is 2. The van der Waals surface area contributed by atoms with E-state index in [0.717, 1.165) is 6.42 Å². The van der Waals surface area contributed by atoms with Crippen molar-refractivity contribution in [3.8, 4) is 0 Å². The lowest BCUT2D eigenvalue weighted by Gasteiger charge is -1.85. The number of aliphatic imine (C=N–C) groups is 1. The minimum Gasteiger partial charge on any atom is -0.273 e. The first-order chi connectivity index (χ1) is 4.31. The Morgan fingerprint density at radius 1 is 1.56 bits per heavy atom. The molecule has 0 saturated carbocycles. The van der Waals surface area contributed by atoms with Gasteiger partial charge in [-0.25, -0.2) is 0 Å². The van der Waals surface area contributed by atoms with E-state index in [-0.39, 0.29) is 0 Å². The molecule has 0 aromatic rings. The van der Waals surface area contributed by atoms with Gasteiger partial charge in [-0.15, -0.1) is 0 Å². The van der Waals surface area contributed by atoms with Crippen LogP contribution in [0.4, 0.5) is 0 Å². The Kier molecular flexibility index (Phi) is 13.0. The van der Waals surface area contributed by atoms with E-state index in [0.29, 0.717) is 0 Å².